The van der Waals surface area contributed by atoms with E-state index in [1.165, 1.54) is 11.8 Å². The number of rotatable bonds is 6. The summed E-state index contributed by atoms with van der Waals surface area (Å²) in [6, 6.07) is 11.3. The zero-order valence-electron chi connectivity index (χ0n) is 17.2. The zero-order chi connectivity index (χ0) is 21.3. The van der Waals surface area contributed by atoms with Crippen LogP contribution in [0.3, 0.4) is 0 Å². The summed E-state index contributed by atoms with van der Waals surface area (Å²) in [4.78, 5) is 37.6. The summed E-state index contributed by atoms with van der Waals surface area (Å²) in [6.45, 7) is 6.56. The van der Waals surface area contributed by atoms with Gasteiger partial charge in [0, 0.05) is 10.4 Å². The van der Waals surface area contributed by atoms with Gasteiger partial charge in [0.1, 0.15) is 11.9 Å². The summed E-state index contributed by atoms with van der Waals surface area (Å²) >= 11 is 2.99. The lowest BCUT2D eigenvalue weighted by Crippen LogP contribution is -2.45. The van der Waals surface area contributed by atoms with Crippen molar-refractivity contribution in [3.8, 4) is 0 Å². The molecule has 0 saturated heterocycles. The summed E-state index contributed by atoms with van der Waals surface area (Å²) in [5.74, 6) is 0.784. The Morgan fingerprint density at radius 1 is 1.20 bits per heavy atom. The molecule has 156 valence electrons. The van der Waals surface area contributed by atoms with E-state index in [0.717, 1.165) is 16.1 Å². The quantitative estimate of drug-likeness (QED) is 0.731. The van der Waals surface area contributed by atoms with Gasteiger partial charge in [-0.1, -0.05) is 43.8 Å². The molecule has 0 aliphatic carbocycles. The number of benzene rings is 1. The number of hydrogen-bond acceptors (Lipinski definition) is 6. The standard InChI is InChI=1S/C22H24N4O2S2/c1-13(2)11-18-21(28)25-19-16-8-4-5-9-17(16)24-22(26(18)19)30-14(3)20(27)23-12-15-7-6-10-29-15/h4-10,13-14,18H,11-12H2,1-3H3,(H,23,27). The first kappa shape index (κ1) is 20.8. The molecule has 2 aromatic rings. The lowest BCUT2D eigenvalue weighted by atomic mass is 10.0. The number of amidine groups is 2. The highest BCUT2D eigenvalue weighted by Gasteiger charge is 2.42. The third-order valence-corrected chi connectivity index (χ3v) is 6.91. The number of nitrogens with zero attached hydrogens (tertiary/aromatic N) is 3. The van der Waals surface area contributed by atoms with Gasteiger partial charge in [0.05, 0.1) is 17.5 Å². The van der Waals surface area contributed by atoms with E-state index >= 15 is 0 Å². The fourth-order valence-electron chi connectivity index (χ4n) is 3.50. The monoisotopic (exact) mass is 440 g/mol. The molecule has 8 heteroatoms. The van der Waals surface area contributed by atoms with E-state index in [1.54, 1.807) is 11.3 Å². The lowest BCUT2D eigenvalue weighted by molar-refractivity contribution is -0.120. The van der Waals surface area contributed by atoms with Gasteiger partial charge in [0.25, 0.3) is 5.91 Å². The highest BCUT2D eigenvalue weighted by atomic mass is 32.2. The van der Waals surface area contributed by atoms with E-state index < -0.39 is 0 Å². The summed E-state index contributed by atoms with van der Waals surface area (Å²) in [5.41, 5.74) is 1.63. The number of para-hydroxylation sites is 1. The topological polar surface area (TPSA) is 74.1 Å². The van der Waals surface area contributed by atoms with Crippen molar-refractivity contribution in [2.45, 2.75) is 45.0 Å². The van der Waals surface area contributed by atoms with Gasteiger partial charge in [-0.05, 0) is 42.8 Å². The van der Waals surface area contributed by atoms with Crippen molar-refractivity contribution in [1.29, 1.82) is 0 Å². The van der Waals surface area contributed by atoms with Crippen molar-refractivity contribution in [2.75, 3.05) is 0 Å². The molecule has 2 aliphatic heterocycles. The number of amides is 2. The van der Waals surface area contributed by atoms with Crippen LogP contribution in [0.15, 0.2) is 51.8 Å². The molecule has 0 spiro atoms. The molecule has 1 aromatic heterocycles. The second kappa shape index (κ2) is 8.73. The minimum Gasteiger partial charge on any atom is -0.350 e. The predicted molar refractivity (Wildman–Crippen MR) is 123 cm³/mol. The number of carbonyl (C=O) groups excluding carboxylic acids is 2. The third kappa shape index (κ3) is 4.20. The van der Waals surface area contributed by atoms with Crippen molar-refractivity contribution in [3.05, 3.63) is 52.2 Å². The molecule has 2 aliphatic rings. The molecule has 0 saturated carbocycles. The molecule has 3 heterocycles. The van der Waals surface area contributed by atoms with Gasteiger partial charge in [-0.2, -0.15) is 4.99 Å². The summed E-state index contributed by atoms with van der Waals surface area (Å²) in [7, 11) is 0. The number of nitrogens with one attached hydrogen (secondary N) is 1. The van der Waals surface area contributed by atoms with Crippen molar-refractivity contribution < 1.29 is 9.59 Å². The zero-order valence-corrected chi connectivity index (χ0v) is 18.8. The summed E-state index contributed by atoms with van der Waals surface area (Å²) in [5, 5.41) is 5.28. The van der Waals surface area contributed by atoms with Crippen molar-refractivity contribution in [1.82, 2.24) is 10.2 Å². The molecule has 0 radical (unpaired) electrons. The second-order valence-electron chi connectivity index (χ2n) is 7.76. The van der Waals surface area contributed by atoms with Crippen LogP contribution in [0.2, 0.25) is 0 Å². The summed E-state index contributed by atoms with van der Waals surface area (Å²) in [6.07, 6.45) is 0.687. The van der Waals surface area contributed by atoms with Gasteiger partial charge in [0.15, 0.2) is 5.17 Å². The first-order chi connectivity index (χ1) is 14.4. The molecule has 1 aromatic carbocycles. The van der Waals surface area contributed by atoms with Crippen molar-refractivity contribution >= 4 is 51.6 Å². The molecule has 2 unspecified atom stereocenters. The van der Waals surface area contributed by atoms with Gasteiger partial charge in [-0.3, -0.25) is 14.5 Å². The Morgan fingerprint density at radius 2 is 2.00 bits per heavy atom. The molecular weight excluding hydrogens is 416 g/mol. The fourth-order valence-corrected chi connectivity index (χ4v) is 5.13. The van der Waals surface area contributed by atoms with E-state index in [4.69, 9.17) is 4.99 Å². The van der Waals surface area contributed by atoms with E-state index in [1.807, 2.05) is 53.6 Å². The Morgan fingerprint density at radius 3 is 2.73 bits per heavy atom. The maximum absolute atomic E-state index is 12.7. The lowest BCUT2D eigenvalue weighted by Gasteiger charge is -2.32. The molecule has 30 heavy (non-hydrogen) atoms. The Bertz CT molecular complexity index is 1010. The Labute approximate surface area is 184 Å². The molecule has 6 nitrogen and oxygen atoms in total. The van der Waals surface area contributed by atoms with Crippen molar-refractivity contribution in [3.63, 3.8) is 0 Å². The minimum atomic E-state index is -0.374. The molecule has 4 rings (SSSR count). The SMILES string of the molecule is CC(C)CC1C(=O)N=C2c3ccccc3N=C(SC(C)C(=O)NCc3cccs3)N21. The van der Waals surface area contributed by atoms with Crippen LogP contribution in [0, 0.1) is 5.92 Å². The summed E-state index contributed by atoms with van der Waals surface area (Å²) < 4.78 is 0. The van der Waals surface area contributed by atoms with Gasteiger partial charge < -0.3 is 5.32 Å². The fraction of sp³-hybridized carbons (Fsp3) is 0.364. The van der Waals surface area contributed by atoms with Crippen LogP contribution in [0.4, 0.5) is 5.69 Å². The average molecular weight is 441 g/mol. The normalized spacial score (nSPS) is 18.6. The Hall–Kier alpha value is -2.45. The van der Waals surface area contributed by atoms with Crippen LogP contribution in [-0.2, 0) is 16.1 Å². The molecule has 1 N–H and O–H groups in total. The van der Waals surface area contributed by atoms with Gasteiger partial charge in [-0.15, -0.1) is 11.3 Å². The highest BCUT2D eigenvalue weighted by Crippen LogP contribution is 2.36. The second-order valence-corrected chi connectivity index (χ2v) is 10.1. The van der Waals surface area contributed by atoms with E-state index in [2.05, 4.69) is 24.2 Å². The van der Waals surface area contributed by atoms with Gasteiger partial charge >= 0.3 is 0 Å². The number of thioether (sulfide) groups is 1. The third-order valence-electron chi connectivity index (χ3n) is 4.97. The Balaban J connectivity index is 1.57. The van der Waals surface area contributed by atoms with E-state index in [-0.39, 0.29) is 23.1 Å². The molecule has 0 fully saturated rings. The minimum absolute atomic E-state index is 0.0561. The molecular formula is C22H24N4O2S2. The van der Waals surface area contributed by atoms with Crippen LogP contribution >= 0.6 is 23.1 Å². The van der Waals surface area contributed by atoms with Crippen LogP contribution in [0.5, 0.6) is 0 Å². The van der Waals surface area contributed by atoms with Crippen molar-refractivity contribution in [2.24, 2.45) is 15.9 Å². The van der Waals surface area contributed by atoms with Crippen LogP contribution in [-0.4, -0.2) is 39.0 Å². The molecule has 2 amide bonds. The molecule has 0 bridgehead atoms. The smallest absolute Gasteiger partial charge is 0.270 e. The van der Waals surface area contributed by atoms with Crippen LogP contribution in [0.1, 0.15) is 37.6 Å². The van der Waals surface area contributed by atoms with Gasteiger partial charge in [-0.25, -0.2) is 4.99 Å². The number of fused-ring (bicyclic) bond motifs is 3. The number of carbonyl (C=O) groups is 2. The number of hydrogen-bond donors (Lipinski definition) is 1. The number of aliphatic imine (C=N–C) groups is 2. The first-order valence-corrected chi connectivity index (χ1v) is 11.8. The van der Waals surface area contributed by atoms with Crippen LogP contribution in [0.25, 0.3) is 0 Å². The van der Waals surface area contributed by atoms with E-state index in [0.29, 0.717) is 29.9 Å². The van der Waals surface area contributed by atoms with Gasteiger partial charge in [0.2, 0.25) is 5.91 Å². The largest absolute Gasteiger partial charge is 0.350 e. The maximum Gasteiger partial charge on any atom is 0.270 e. The average Bonchev–Trinajstić information content (AvgIpc) is 3.34. The van der Waals surface area contributed by atoms with E-state index in [9.17, 15) is 9.59 Å². The molecule has 2 atom stereocenters. The predicted octanol–water partition coefficient (Wildman–Crippen LogP) is 4.19. The maximum atomic E-state index is 12.7. The van der Waals surface area contributed by atoms with Crippen LogP contribution < -0.4 is 5.32 Å². The number of thiophene rings is 1. The first-order valence-electron chi connectivity index (χ1n) is 10.0. The Kier molecular flexibility index (Phi) is 6.06. The highest BCUT2D eigenvalue weighted by molar-refractivity contribution is 8.14.